The third kappa shape index (κ3) is 2.38. The minimum atomic E-state index is -2.61. The van der Waals surface area contributed by atoms with Gasteiger partial charge in [0, 0.05) is 41.9 Å². The van der Waals surface area contributed by atoms with E-state index in [0.29, 0.717) is 12.0 Å². The molecule has 0 aromatic carbocycles. The van der Waals surface area contributed by atoms with Crippen molar-refractivity contribution >= 4 is 35.3 Å². The fourth-order valence-corrected chi connectivity index (χ4v) is 3.95. The number of halogens is 4. The van der Waals surface area contributed by atoms with Gasteiger partial charge in [-0.2, -0.15) is 5.10 Å². The summed E-state index contributed by atoms with van der Waals surface area (Å²) in [4.78, 5) is 15.6. The molecule has 1 aromatic heterocycles. The molecule has 2 bridgehead atoms. The van der Waals surface area contributed by atoms with Gasteiger partial charge in [-0.15, -0.1) is 0 Å². The Kier molecular flexibility index (Phi) is 3.85. The Balaban J connectivity index is 1.63. The minimum absolute atomic E-state index is 0.273. The van der Waals surface area contributed by atoms with E-state index in [-0.39, 0.29) is 12.3 Å². The number of fused-ring (bicyclic) bond motifs is 2. The standard InChI is InChI=1S/C14H13Cl2F2N3O/c15-13(17)10-5-9(11(6-10)14(13,16)18)7-20-21-12(22)8-1-3-19-4-2-8/h1-4,7,9-11H,5-6H2,(H,21,22)/b20-7-/t9-,10-,11+,13+,14-/m0/s1. The fraction of sp³-hybridized carbons (Fsp3) is 0.500. The average molecular weight is 348 g/mol. The smallest absolute Gasteiger partial charge is 0.267 e. The maximum Gasteiger partial charge on any atom is 0.271 e. The van der Waals surface area contributed by atoms with Crippen LogP contribution in [0.4, 0.5) is 8.78 Å². The Bertz CT molecular complexity index is 609. The second-order valence-corrected chi connectivity index (χ2v) is 6.74. The van der Waals surface area contributed by atoms with Gasteiger partial charge in [0.05, 0.1) is 0 Å². The molecular formula is C14H13Cl2F2N3O. The summed E-state index contributed by atoms with van der Waals surface area (Å²) in [6.45, 7) is 0. The van der Waals surface area contributed by atoms with Gasteiger partial charge in [-0.25, -0.2) is 14.2 Å². The van der Waals surface area contributed by atoms with Crippen LogP contribution in [0.1, 0.15) is 23.2 Å². The molecule has 3 rings (SSSR count). The van der Waals surface area contributed by atoms with Crippen LogP contribution >= 0.6 is 23.2 Å². The van der Waals surface area contributed by atoms with Crippen molar-refractivity contribution in [3.63, 3.8) is 0 Å². The van der Waals surface area contributed by atoms with Crippen LogP contribution in [0, 0.1) is 17.8 Å². The van der Waals surface area contributed by atoms with E-state index in [4.69, 9.17) is 23.2 Å². The molecule has 22 heavy (non-hydrogen) atoms. The van der Waals surface area contributed by atoms with Crippen molar-refractivity contribution in [2.45, 2.75) is 23.1 Å². The average Bonchev–Trinajstić information content (AvgIpc) is 2.99. The second kappa shape index (κ2) is 5.42. The zero-order valence-corrected chi connectivity index (χ0v) is 12.9. The number of hydrazone groups is 1. The highest BCUT2D eigenvalue weighted by Crippen LogP contribution is 2.65. The molecule has 0 aliphatic heterocycles. The quantitative estimate of drug-likeness (QED) is 0.518. The van der Waals surface area contributed by atoms with Crippen LogP contribution in [-0.2, 0) is 0 Å². The number of aromatic nitrogens is 1. The van der Waals surface area contributed by atoms with E-state index in [2.05, 4.69) is 15.5 Å². The first-order valence-corrected chi connectivity index (χ1v) is 7.59. The largest absolute Gasteiger partial charge is 0.271 e. The molecular weight excluding hydrogens is 335 g/mol. The number of rotatable bonds is 3. The Labute approximate surface area is 135 Å². The van der Waals surface area contributed by atoms with Crippen molar-refractivity contribution < 1.29 is 13.6 Å². The lowest BCUT2D eigenvalue weighted by atomic mass is 9.86. The molecule has 5 atom stereocenters. The summed E-state index contributed by atoms with van der Waals surface area (Å²) in [5.74, 6) is -2.15. The van der Waals surface area contributed by atoms with Gasteiger partial charge in [0.1, 0.15) is 0 Å². The number of hydrogen-bond donors (Lipinski definition) is 1. The fourth-order valence-electron chi connectivity index (χ4n) is 3.23. The lowest BCUT2D eigenvalue weighted by Crippen LogP contribution is -2.47. The van der Waals surface area contributed by atoms with E-state index in [1.165, 1.54) is 18.6 Å². The van der Waals surface area contributed by atoms with Crippen LogP contribution in [0.5, 0.6) is 0 Å². The number of carbonyl (C=O) groups is 1. The van der Waals surface area contributed by atoms with Gasteiger partial charge in [0.25, 0.3) is 5.91 Å². The third-order valence-corrected chi connectivity index (χ3v) is 5.65. The predicted octanol–water partition coefficient (Wildman–Crippen LogP) is 3.26. The van der Waals surface area contributed by atoms with Gasteiger partial charge in [0.2, 0.25) is 10.3 Å². The number of pyridine rings is 1. The molecule has 0 saturated heterocycles. The van der Waals surface area contributed by atoms with Gasteiger partial charge in [-0.1, -0.05) is 23.2 Å². The lowest BCUT2D eigenvalue weighted by molar-refractivity contribution is 0.0289. The van der Waals surface area contributed by atoms with Crippen LogP contribution in [0.25, 0.3) is 0 Å². The zero-order valence-electron chi connectivity index (χ0n) is 11.3. The highest BCUT2D eigenvalue weighted by atomic mass is 35.5. The van der Waals surface area contributed by atoms with Crippen molar-refractivity contribution in [1.29, 1.82) is 0 Å². The molecule has 0 radical (unpaired) electrons. The monoisotopic (exact) mass is 347 g/mol. The summed E-state index contributed by atoms with van der Waals surface area (Å²) in [5.41, 5.74) is 2.75. The summed E-state index contributed by atoms with van der Waals surface area (Å²) < 4.78 is 28.4. The topological polar surface area (TPSA) is 54.4 Å². The number of carbonyl (C=O) groups excluding carboxylic acids is 1. The Morgan fingerprint density at radius 3 is 2.59 bits per heavy atom. The van der Waals surface area contributed by atoms with Gasteiger partial charge in [-0.05, 0) is 25.0 Å². The van der Waals surface area contributed by atoms with E-state index >= 15 is 0 Å². The number of nitrogens with zero attached hydrogens (tertiary/aromatic N) is 2. The molecule has 0 spiro atoms. The predicted molar refractivity (Wildman–Crippen MR) is 79.3 cm³/mol. The molecule has 2 aliphatic rings. The molecule has 118 valence electrons. The first-order chi connectivity index (χ1) is 10.3. The molecule has 8 heteroatoms. The molecule has 1 N–H and O–H groups in total. The van der Waals surface area contributed by atoms with Crippen molar-refractivity contribution in [2.24, 2.45) is 22.9 Å². The van der Waals surface area contributed by atoms with Crippen LogP contribution in [0.15, 0.2) is 29.6 Å². The Hall–Kier alpha value is -1.27. The Morgan fingerprint density at radius 1 is 1.32 bits per heavy atom. The van der Waals surface area contributed by atoms with E-state index in [1.54, 1.807) is 12.1 Å². The summed E-state index contributed by atoms with van der Waals surface area (Å²) in [6.07, 6.45) is 5.01. The van der Waals surface area contributed by atoms with E-state index in [1.807, 2.05) is 0 Å². The van der Waals surface area contributed by atoms with E-state index in [0.717, 1.165) is 0 Å². The highest BCUT2D eigenvalue weighted by molar-refractivity contribution is 6.34. The van der Waals surface area contributed by atoms with Crippen LogP contribution in [0.2, 0.25) is 0 Å². The minimum Gasteiger partial charge on any atom is -0.267 e. The summed E-state index contributed by atoms with van der Waals surface area (Å²) >= 11 is 11.3. The van der Waals surface area contributed by atoms with Crippen LogP contribution in [0.3, 0.4) is 0 Å². The first-order valence-electron chi connectivity index (χ1n) is 6.83. The van der Waals surface area contributed by atoms with Gasteiger partial charge >= 0.3 is 0 Å². The van der Waals surface area contributed by atoms with Crippen molar-refractivity contribution in [3.05, 3.63) is 30.1 Å². The summed E-state index contributed by atoms with van der Waals surface area (Å²) in [6, 6.07) is 3.08. The molecule has 1 amide bonds. The number of amides is 1. The zero-order chi connectivity index (χ0) is 16.0. The Morgan fingerprint density at radius 2 is 2.00 bits per heavy atom. The maximum absolute atomic E-state index is 14.3. The van der Waals surface area contributed by atoms with Crippen molar-refractivity contribution in [2.75, 3.05) is 0 Å². The summed E-state index contributed by atoms with van der Waals surface area (Å²) in [7, 11) is 0. The van der Waals surface area contributed by atoms with Gasteiger partial charge in [0.15, 0.2) is 0 Å². The SMILES string of the molecule is O=C(N/N=C\[C@@H]1C[C@H]2C[C@H]1[C@@](F)(Cl)[C@@]2(F)Cl)c1ccncc1. The van der Waals surface area contributed by atoms with Crippen LogP contribution < -0.4 is 5.43 Å². The number of nitrogens with one attached hydrogen (secondary N) is 1. The second-order valence-electron chi connectivity index (χ2n) is 5.64. The van der Waals surface area contributed by atoms with Crippen molar-refractivity contribution in [3.8, 4) is 0 Å². The molecule has 1 aromatic rings. The number of hydrogen-bond acceptors (Lipinski definition) is 3. The molecule has 0 unspecified atom stereocenters. The third-order valence-electron chi connectivity index (χ3n) is 4.41. The van der Waals surface area contributed by atoms with Crippen LogP contribution in [-0.4, -0.2) is 27.4 Å². The first kappa shape index (κ1) is 15.6. The van der Waals surface area contributed by atoms with Gasteiger partial charge < -0.3 is 0 Å². The van der Waals surface area contributed by atoms with Crippen molar-refractivity contribution in [1.82, 2.24) is 10.4 Å². The highest BCUT2D eigenvalue weighted by Gasteiger charge is 2.71. The van der Waals surface area contributed by atoms with E-state index in [9.17, 15) is 13.6 Å². The summed E-state index contributed by atoms with van der Waals surface area (Å²) in [5, 5.41) is -1.32. The number of alkyl halides is 4. The molecule has 2 fully saturated rings. The molecule has 4 nitrogen and oxygen atoms in total. The molecule has 1 heterocycles. The maximum atomic E-state index is 14.3. The van der Waals surface area contributed by atoms with Gasteiger partial charge in [-0.3, -0.25) is 9.78 Å². The molecule has 2 aliphatic carbocycles. The van der Waals surface area contributed by atoms with E-state index < -0.39 is 28.0 Å². The molecule has 2 saturated carbocycles. The lowest BCUT2D eigenvalue weighted by Gasteiger charge is -2.36. The normalized spacial score (nSPS) is 40.3.